The SMILES string of the molecule is CCCCCCCCCCC/C=C/C(O)CCCCCC(=O)O. The Morgan fingerprint density at radius 1 is 0.870 bits per heavy atom. The smallest absolute Gasteiger partial charge is 0.303 e. The molecule has 1 unspecified atom stereocenters. The van der Waals surface area contributed by atoms with Crippen LogP contribution in [0.5, 0.6) is 0 Å². The summed E-state index contributed by atoms with van der Waals surface area (Å²) < 4.78 is 0. The van der Waals surface area contributed by atoms with Crippen LogP contribution in [-0.4, -0.2) is 22.3 Å². The zero-order valence-electron chi connectivity index (χ0n) is 15.1. The molecule has 0 saturated carbocycles. The standard InChI is InChI=1S/C20H38O3/c1-2-3-4-5-6-7-8-9-10-11-13-16-19(21)17-14-12-15-18-20(22)23/h13,16,19,21H,2-12,14-15,17-18H2,1H3,(H,22,23)/b16-13+. The number of hydrogen-bond acceptors (Lipinski definition) is 2. The van der Waals surface area contributed by atoms with Crippen LogP contribution in [0.4, 0.5) is 0 Å². The molecule has 2 N–H and O–H groups in total. The number of carbonyl (C=O) groups is 1. The number of carboxylic acid groups (broad SMARTS) is 1. The molecule has 0 aromatic heterocycles. The van der Waals surface area contributed by atoms with E-state index in [0.717, 1.165) is 25.7 Å². The topological polar surface area (TPSA) is 57.5 Å². The molecule has 0 aliphatic carbocycles. The minimum atomic E-state index is -0.730. The summed E-state index contributed by atoms with van der Waals surface area (Å²) in [7, 11) is 0. The molecule has 0 aromatic carbocycles. The molecular weight excluding hydrogens is 288 g/mol. The average molecular weight is 327 g/mol. The molecule has 0 fully saturated rings. The molecule has 0 saturated heterocycles. The summed E-state index contributed by atoms with van der Waals surface area (Å²) in [5, 5.41) is 18.3. The van der Waals surface area contributed by atoms with E-state index in [1.165, 1.54) is 57.8 Å². The number of rotatable bonds is 17. The third-order valence-corrected chi connectivity index (χ3v) is 4.22. The lowest BCUT2D eigenvalue weighted by Gasteiger charge is -2.05. The molecule has 0 heterocycles. The van der Waals surface area contributed by atoms with Crippen molar-refractivity contribution in [3.63, 3.8) is 0 Å². The van der Waals surface area contributed by atoms with Gasteiger partial charge in [0.25, 0.3) is 0 Å². The normalized spacial score (nSPS) is 12.8. The Balaban J connectivity index is 3.27. The Bertz CT molecular complexity index is 287. The number of aliphatic carboxylic acids is 1. The van der Waals surface area contributed by atoms with Gasteiger partial charge < -0.3 is 10.2 Å². The molecule has 1 atom stereocenters. The van der Waals surface area contributed by atoms with Gasteiger partial charge in [-0.1, -0.05) is 83.3 Å². The summed E-state index contributed by atoms with van der Waals surface area (Å²) in [6.07, 6.45) is 20.3. The molecule has 23 heavy (non-hydrogen) atoms. The summed E-state index contributed by atoms with van der Waals surface area (Å²) in [6, 6.07) is 0. The molecule has 0 radical (unpaired) electrons. The number of hydrogen-bond donors (Lipinski definition) is 2. The van der Waals surface area contributed by atoms with Crippen LogP contribution >= 0.6 is 0 Å². The van der Waals surface area contributed by atoms with Crippen molar-refractivity contribution in [3.05, 3.63) is 12.2 Å². The van der Waals surface area contributed by atoms with Crippen molar-refractivity contribution in [1.29, 1.82) is 0 Å². The van der Waals surface area contributed by atoms with E-state index in [-0.39, 0.29) is 12.5 Å². The van der Waals surface area contributed by atoms with E-state index < -0.39 is 5.97 Å². The summed E-state index contributed by atoms with van der Waals surface area (Å²) in [4.78, 5) is 10.4. The van der Waals surface area contributed by atoms with Crippen LogP contribution in [0.25, 0.3) is 0 Å². The molecule has 3 nitrogen and oxygen atoms in total. The van der Waals surface area contributed by atoms with E-state index in [9.17, 15) is 9.90 Å². The first-order valence-electron chi connectivity index (χ1n) is 9.73. The van der Waals surface area contributed by atoms with Crippen molar-refractivity contribution in [2.24, 2.45) is 0 Å². The average Bonchev–Trinajstić information content (AvgIpc) is 2.52. The Morgan fingerprint density at radius 2 is 1.43 bits per heavy atom. The predicted octanol–water partition coefficient (Wildman–Crippen LogP) is 5.86. The van der Waals surface area contributed by atoms with Crippen LogP contribution in [0, 0.1) is 0 Å². The van der Waals surface area contributed by atoms with E-state index in [0.29, 0.717) is 6.42 Å². The molecule has 0 rings (SSSR count). The van der Waals surface area contributed by atoms with Gasteiger partial charge in [0.1, 0.15) is 0 Å². The third-order valence-electron chi connectivity index (χ3n) is 4.22. The molecule has 0 spiro atoms. The van der Waals surface area contributed by atoms with E-state index >= 15 is 0 Å². The molecule has 0 bridgehead atoms. The van der Waals surface area contributed by atoms with Gasteiger partial charge in [-0.05, 0) is 25.7 Å². The highest BCUT2D eigenvalue weighted by atomic mass is 16.4. The van der Waals surface area contributed by atoms with E-state index in [1.54, 1.807) is 0 Å². The molecule has 0 aromatic rings. The Hall–Kier alpha value is -0.830. The van der Waals surface area contributed by atoms with Crippen LogP contribution in [0.15, 0.2) is 12.2 Å². The van der Waals surface area contributed by atoms with Crippen LogP contribution < -0.4 is 0 Å². The third kappa shape index (κ3) is 19.1. The maximum Gasteiger partial charge on any atom is 0.303 e. The first-order valence-corrected chi connectivity index (χ1v) is 9.73. The van der Waals surface area contributed by atoms with Gasteiger partial charge in [0.2, 0.25) is 0 Å². The van der Waals surface area contributed by atoms with Gasteiger partial charge in [0.05, 0.1) is 6.10 Å². The van der Waals surface area contributed by atoms with Gasteiger partial charge in [0, 0.05) is 6.42 Å². The molecule has 3 heteroatoms. The lowest BCUT2D eigenvalue weighted by Crippen LogP contribution is -2.02. The van der Waals surface area contributed by atoms with Gasteiger partial charge in [0.15, 0.2) is 0 Å². The summed E-state index contributed by atoms with van der Waals surface area (Å²) in [5.41, 5.74) is 0. The summed E-state index contributed by atoms with van der Waals surface area (Å²) >= 11 is 0. The largest absolute Gasteiger partial charge is 0.481 e. The zero-order valence-corrected chi connectivity index (χ0v) is 15.1. The van der Waals surface area contributed by atoms with E-state index in [4.69, 9.17) is 5.11 Å². The Kier molecular flexibility index (Phi) is 16.9. The second kappa shape index (κ2) is 17.5. The van der Waals surface area contributed by atoms with Crippen molar-refractivity contribution in [1.82, 2.24) is 0 Å². The van der Waals surface area contributed by atoms with Crippen LogP contribution in [0.2, 0.25) is 0 Å². The van der Waals surface area contributed by atoms with E-state index in [2.05, 4.69) is 13.0 Å². The molecule has 0 amide bonds. The Labute approximate surface area is 143 Å². The monoisotopic (exact) mass is 326 g/mol. The zero-order chi connectivity index (χ0) is 17.2. The van der Waals surface area contributed by atoms with Crippen molar-refractivity contribution in [2.75, 3.05) is 0 Å². The van der Waals surface area contributed by atoms with Crippen molar-refractivity contribution >= 4 is 5.97 Å². The fraction of sp³-hybridized carbons (Fsp3) is 0.850. The van der Waals surface area contributed by atoms with Crippen LogP contribution in [0.3, 0.4) is 0 Å². The van der Waals surface area contributed by atoms with Crippen molar-refractivity contribution in [3.8, 4) is 0 Å². The van der Waals surface area contributed by atoms with Gasteiger partial charge in [-0.3, -0.25) is 4.79 Å². The fourth-order valence-corrected chi connectivity index (χ4v) is 2.73. The van der Waals surface area contributed by atoms with Crippen LogP contribution in [-0.2, 0) is 4.79 Å². The number of allylic oxidation sites excluding steroid dienone is 1. The van der Waals surface area contributed by atoms with Gasteiger partial charge in [-0.15, -0.1) is 0 Å². The second-order valence-corrected chi connectivity index (χ2v) is 6.61. The van der Waals surface area contributed by atoms with Gasteiger partial charge in [-0.2, -0.15) is 0 Å². The van der Waals surface area contributed by atoms with Gasteiger partial charge >= 0.3 is 5.97 Å². The number of carboxylic acids is 1. The first-order chi connectivity index (χ1) is 11.2. The molecular formula is C20H38O3. The molecule has 0 aliphatic rings. The lowest BCUT2D eigenvalue weighted by molar-refractivity contribution is -0.137. The number of aliphatic hydroxyl groups excluding tert-OH is 1. The fourth-order valence-electron chi connectivity index (χ4n) is 2.73. The summed E-state index contributed by atoms with van der Waals surface area (Å²) in [5.74, 6) is -0.730. The number of aliphatic hydroxyl groups is 1. The second-order valence-electron chi connectivity index (χ2n) is 6.61. The quantitative estimate of drug-likeness (QED) is 0.260. The predicted molar refractivity (Wildman–Crippen MR) is 97.7 cm³/mol. The van der Waals surface area contributed by atoms with Gasteiger partial charge in [-0.25, -0.2) is 0 Å². The maximum absolute atomic E-state index is 10.4. The minimum Gasteiger partial charge on any atom is -0.481 e. The highest BCUT2D eigenvalue weighted by Gasteiger charge is 2.00. The molecule has 0 aliphatic heterocycles. The van der Waals surface area contributed by atoms with Crippen molar-refractivity contribution in [2.45, 2.75) is 109 Å². The van der Waals surface area contributed by atoms with E-state index in [1.807, 2.05) is 6.08 Å². The molecule has 136 valence electrons. The minimum absolute atomic E-state index is 0.241. The highest BCUT2D eigenvalue weighted by Crippen LogP contribution is 2.11. The maximum atomic E-state index is 10.4. The first kappa shape index (κ1) is 22.2. The van der Waals surface area contributed by atoms with Crippen LogP contribution in [0.1, 0.15) is 103 Å². The lowest BCUT2D eigenvalue weighted by atomic mass is 10.1. The summed E-state index contributed by atoms with van der Waals surface area (Å²) in [6.45, 7) is 2.25. The Morgan fingerprint density at radius 3 is 2.04 bits per heavy atom. The number of unbranched alkanes of at least 4 members (excludes halogenated alkanes) is 11. The van der Waals surface area contributed by atoms with Crippen molar-refractivity contribution < 1.29 is 15.0 Å². The highest BCUT2D eigenvalue weighted by molar-refractivity contribution is 5.66.